The molecule has 1 atom stereocenters. The molecule has 0 aromatic heterocycles. The molecule has 26 heavy (non-hydrogen) atoms. The van der Waals surface area contributed by atoms with Gasteiger partial charge < -0.3 is 10.0 Å². The minimum absolute atomic E-state index is 0.0938. The molecule has 2 heterocycles. The Morgan fingerprint density at radius 2 is 1.69 bits per heavy atom. The molecule has 0 bridgehead atoms. The molecule has 1 aromatic rings. The van der Waals surface area contributed by atoms with Crippen LogP contribution in [0.25, 0.3) is 0 Å². The molecule has 2 fully saturated rings. The van der Waals surface area contributed by atoms with Gasteiger partial charge in [0.25, 0.3) is 5.91 Å². The second-order valence-electron chi connectivity index (χ2n) is 6.84. The van der Waals surface area contributed by atoms with Gasteiger partial charge in [0.2, 0.25) is 10.0 Å². The lowest BCUT2D eigenvalue weighted by atomic mass is 10.1. The highest BCUT2D eigenvalue weighted by atomic mass is 32.2. The monoisotopic (exact) mass is 380 g/mol. The first kappa shape index (κ1) is 18.8. The zero-order valence-electron chi connectivity index (χ0n) is 14.6. The van der Waals surface area contributed by atoms with E-state index in [4.69, 9.17) is 0 Å². The lowest BCUT2D eigenvalue weighted by Gasteiger charge is -2.23. The molecule has 8 heteroatoms. The van der Waals surface area contributed by atoms with Gasteiger partial charge in [0.15, 0.2) is 0 Å². The van der Waals surface area contributed by atoms with Crippen LogP contribution in [0.3, 0.4) is 0 Å². The zero-order valence-corrected chi connectivity index (χ0v) is 15.5. The van der Waals surface area contributed by atoms with Gasteiger partial charge in [-0.05, 0) is 43.9 Å². The van der Waals surface area contributed by atoms with Crippen molar-refractivity contribution in [3.05, 3.63) is 29.8 Å². The second-order valence-corrected chi connectivity index (χ2v) is 8.78. The van der Waals surface area contributed by atoms with Crippen LogP contribution in [0.5, 0.6) is 0 Å². The number of carboxylic acids is 1. The number of hydrogen-bond acceptors (Lipinski definition) is 4. The fourth-order valence-corrected chi connectivity index (χ4v) is 5.22. The first-order valence-corrected chi connectivity index (χ1v) is 10.5. The summed E-state index contributed by atoms with van der Waals surface area (Å²) in [4.78, 5) is 25.5. The Kier molecular flexibility index (Phi) is 5.62. The van der Waals surface area contributed by atoms with Crippen LogP contribution in [0.4, 0.5) is 0 Å². The van der Waals surface area contributed by atoms with Crippen molar-refractivity contribution in [2.45, 2.75) is 49.5 Å². The minimum atomic E-state index is -3.65. The number of hydrogen-bond donors (Lipinski definition) is 1. The molecule has 142 valence electrons. The van der Waals surface area contributed by atoms with Crippen molar-refractivity contribution in [1.82, 2.24) is 9.21 Å². The Balaban J connectivity index is 1.85. The van der Waals surface area contributed by atoms with Crippen LogP contribution < -0.4 is 0 Å². The summed E-state index contributed by atoms with van der Waals surface area (Å²) >= 11 is 0. The summed E-state index contributed by atoms with van der Waals surface area (Å²) in [6.07, 6.45) is 4.78. The van der Waals surface area contributed by atoms with Crippen LogP contribution in [-0.2, 0) is 14.8 Å². The molecule has 0 unspecified atom stereocenters. The molecule has 0 aliphatic carbocycles. The third-order valence-corrected chi connectivity index (χ3v) is 6.98. The summed E-state index contributed by atoms with van der Waals surface area (Å²) in [7, 11) is -3.65. The number of carbonyl (C=O) groups excluding carboxylic acids is 1. The van der Waals surface area contributed by atoms with Gasteiger partial charge in [-0.2, -0.15) is 4.31 Å². The number of carbonyl (C=O) groups is 2. The van der Waals surface area contributed by atoms with Crippen molar-refractivity contribution in [3.63, 3.8) is 0 Å². The Labute approximate surface area is 153 Å². The fraction of sp³-hybridized carbons (Fsp3) is 0.556. The van der Waals surface area contributed by atoms with E-state index in [1.807, 2.05) is 0 Å². The van der Waals surface area contributed by atoms with E-state index in [0.29, 0.717) is 32.5 Å². The predicted octanol–water partition coefficient (Wildman–Crippen LogP) is 1.94. The van der Waals surface area contributed by atoms with Gasteiger partial charge in [-0.15, -0.1) is 0 Å². The van der Waals surface area contributed by atoms with E-state index in [2.05, 4.69) is 0 Å². The van der Waals surface area contributed by atoms with E-state index < -0.39 is 27.9 Å². The van der Waals surface area contributed by atoms with Gasteiger partial charge in [0.05, 0.1) is 4.90 Å². The molecule has 1 N–H and O–H groups in total. The number of nitrogens with zero attached hydrogens (tertiary/aromatic N) is 2. The van der Waals surface area contributed by atoms with Gasteiger partial charge in [0, 0.05) is 25.2 Å². The number of aliphatic carboxylic acids is 1. The lowest BCUT2D eigenvalue weighted by Crippen LogP contribution is -2.40. The number of rotatable bonds is 4. The van der Waals surface area contributed by atoms with Gasteiger partial charge in [-0.3, -0.25) is 4.79 Å². The highest BCUT2D eigenvalue weighted by Gasteiger charge is 2.35. The van der Waals surface area contributed by atoms with Gasteiger partial charge in [-0.25, -0.2) is 13.2 Å². The number of amides is 1. The van der Waals surface area contributed by atoms with Crippen molar-refractivity contribution < 1.29 is 23.1 Å². The summed E-state index contributed by atoms with van der Waals surface area (Å²) in [5, 5.41) is 9.26. The maximum Gasteiger partial charge on any atom is 0.326 e. The summed E-state index contributed by atoms with van der Waals surface area (Å²) < 4.78 is 27.3. The molecule has 1 amide bonds. The smallest absolute Gasteiger partial charge is 0.326 e. The van der Waals surface area contributed by atoms with Crippen LogP contribution in [0.2, 0.25) is 0 Å². The quantitative estimate of drug-likeness (QED) is 0.861. The number of likely N-dealkylation sites (tertiary alicyclic amines) is 1. The summed E-state index contributed by atoms with van der Waals surface area (Å²) in [5.74, 6) is -1.45. The van der Waals surface area contributed by atoms with Crippen molar-refractivity contribution in [1.29, 1.82) is 0 Å². The molecule has 1 aromatic carbocycles. The van der Waals surface area contributed by atoms with Crippen LogP contribution in [0, 0.1) is 0 Å². The highest BCUT2D eigenvalue weighted by molar-refractivity contribution is 7.89. The van der Waals surface area contributed by atoms with Crippen molar-refractivity contribution in [2.75, 3.05) is 19.6 Å². The molecule has 0 saturated carbocycles. The standard InChI is InChI=1S/C18H24N2O5S/c21-17(20-12-6-9-16(20)18(22)23)14-7-5-8-15(13-14)26(24,25)19-10-3-1-2-4-11-19/h5,7-8,13,16H,1-4,6,9-12H2,(H,22,23)/t16-/m0/s1. The molecule has 2 aliphatic rings. The van der Waals surface area contributed by atoms with Crippen LogP contribution in [-0.4, -0.2) is 60.3 Å². The SMILES string of the molecule is O=C(O)[C@@H]1CCCN1C(=O)c1cccc(S(=O)(=O)N2CCCCCC2)c1. The normalized spacial score (nSPS) is 22.2. The van der Waals surface area contributed by atoms with Crippen LogP contribution >= 0.6 is 0 Å². The van der Waals surface area contributed by atoms with Gasteiger partial charge in [0.1, 0.15) is 6.04 Å². The maximum absolute atomic E-state index is 12.9. The van der Waals surface area contributed by atoms with Crippen molar-refractivity contribution in [3.8, 4) is 0 Å². The largest absolute Gasteiger partial charge is 0.480 e. The third kappa shape index (κ3) is 3.76. The van der Waals surface area contributed by atoms with E-state index in [0.717, 1.165) is 25.7 Å². The molecule has 3 rings (SSSR count). The molecular formula is C18H24N2O5S. The molecule has 0 radical (unpaired) electrons. The first-order valence-electron chi connectivity index (χ1n) is 9.05. The summed E-state index contributed by atoms with van der Waals surface area (Å²) in [6.45, 7) is 1.36. The van der Waals surface area contributed by atoms with Crippen molar-refractivity contribution >= 4 is 21.9 Å². The third-order valence-electron chi connectivity index (χ3n) is 5.08. The number of sulfonamides is 1. The molecule has 7 nitrogen and oxygen atoms in total. The topological polar surface area (TPSA) is 95.0 Å². The van der Waals surface area contributed by atoms with E-state index in [1.165, 1.54) is 21.3 Å². The first-order chi connectivity index (χ1) is 12.4. The number of carboxylic acid groups (broad SMARTS) is 1. The van der Waals surface area contributed by atoms with Crippen LogP contribution in [0.1, 0.15) is 48.9 Å². The second kappa shape index (κ2) is 7.75. The lowest BCUT2D eigenvalue weighted by molar-refractivity contribution is -0.141. The Bertz CT molecular complexity index is 785. The van der Waals surface area contributed by atoms with Crippen molar-refractivity contribution in [2.24, 2.45) is 0 Å². The zero-order chi connectivity index (χ0) is 18.7. The molecule has 0 spiro atoms. The molecular weight excluding hydrogens is 356 g/mol. The molecule has 2 saturated heterocycles. The van der Waals surface area contributed by atoms with E-state index >= 15 is 0 Å². The summed E-state index contributed by atoms with van der Waals surface area (Å²) in [5.41, 5.74) is 0.217. The number of benzene rings is 1. The summed E-state index contributed by atoms with van der Waals surface area (Å²) in [6, 6.07) is 5.12. The van der Waals surface area contributed by atoms with Gasteiger partial charge >= 0.3 is 5.97 Å². The average molecular weight is 380 g/mol. The van der Waals surface area contributed by atoms with E-state index in [-0.39, 0.29) is 10.5 Å². The van der Waals surface area contributed by atoms with E-state index in [1.54, 1.807) is 12.1 Å². The fourth-order valence-electron chi connectivity index (χ4n) is 3.65. The van der Waals surface area contributed by atoms with Crippen LogP contribution in [0.15, 0.2) is 29.2 Å². The average Bonchev–Trinajstić information content (AvgIpc) is 2.96. The Morgan fingerprint density at radius 1 is 1.00 bits per heavy atom. The van der Waals surface area contributed by atoms with E-state index in [9.17, 15) is 23.1 Å². The highest BCUT2D eigenvalue weighted by Crippen LogP contribution is 2.24. The predicted molar refractivity (Wildman–Crippen MR) is 95.4 cm³/mol. The Morgan fingerprint density at radius 3 is 2.35 bits per heavy atom. The minimum Gasteiger partial charge on any atom is -0.480 e. The maximum atomic E-state index is 12.9. The molecule has 2 aliphatic heterocycles. The Hall–Kier alpha value is -1.93. The van der Waals surface area contributed by atoms with Gasteiger partial charge in [-0.1, -0.05) is 18.9 Å².